The molecule has 1 aliphatic heterocycles. The van der Waals surface area contributed by atoms with Gasteiger partial charge in [0.05, 0.1) is 18.6 Å². The van der Waals surface area contributed by atoms with E-state index >= 15 is 0 Å². The van der Waals surface area contributed by atoms with Crippen LogP contribution in [0.25, 0.3) is 0 Å². The molecule has 1 rings (SSSR count). The minimum absolute atomic E-state index is 0.0291. The van der Waals surface area contributed by atoms with Crippen molar-refractivity contribution < 1.29 is 22.8 Å². The number of ether oxygens (including phenoxy) is 1. The van der Waals surface area contributed by atoms with Gasteiger partial charge in [0.2, 0.25) is 0 Å². The Morgan fingerprint density at radius 2 is 1.21 bits per heavy atom. The summed E-state index contributed by atoms with van der Waals surface area (Å²) in [6.07, 6.45) is -0.273. The average Bonchev–Trinajstić information content (AvgIpc) is 2.92. The van der Waals surface area contributed by atoms with E-state index in [1.54, 1.807) is 0 Å². The van der Waals surface area contributed by atoms with Crippen LogP contribution in [0.5, 0.6) is 0 Å². The van der Waals surface area contributed by atoms with Gasteiger partial charge in [0, 0.05) is 0 Å². The lowest BCUT2D eigenvalue weighted by molar-refractivity contribution is -0.150. The zero-order valence-corrected chi connectivity index (χ0v) is 28.3. The summed E-state index contributed by atoms with van der Waals surface area (Å²) >= 11 is 0. The molecule has 1 fully saturated rings. The third-order valence-electron chi connectivity index (χ3n) is 8.89. The summed E-state index contributed by atoms with van der Waals surface area (Å²) in [5.41, 5.74) is 0. The van der Waals surface area contributed by atoms with Crippen molar-refractivity contribution in [3.8, 4) is 0 Å². The highest BCUT2D eigenvalue weighted by molar-refractivity contribution is 6.75. The SMILES string of the molecule is C[C@@H]1C[C@H]([C@H](O[Si](C)(C)C(C)(C)C)[C@@H](CO[Si](C)(C)C(C)(C)C)O[Si](C)(C)C(C)(C)C)OC1=O. The first-order valence-electron chi connectivity index (χ1n) is 13.0. The maximum Gasteiger partial charge on any atom is 0.309 e. The molecule has 8 heteroatoms. The Labute approximate surface area is 214 Å². The summed E-state index contributed by atoms with van der Waals surface area (Å²) in [6, 6.07) is 0. The molecule has 1 heterocycles. The molecule has 0 N–H and O–H groups in total. The van der Waals surface area contributed by atoms with Gasteiger partial charge in [0.1, 0.15) is 12.2 Å². The molecule has 0 bridgehead atoms. The average molecular weight is 533 g/mol. The van der Waals surface area contributed by atoms with Crippen LogP contribution in [0.4, 0.5) is 0 Å². The summed E-state index contributed by atoms with van der Waals surface area (Å²) in [5, 5.41) is 0.170. The molecule has 0 aromatic carbocycles. The van der Waals surface area contributed by atoms with E-state index < -0.39 is 25.0 Å². The Balaban J connectivity index is 3.48. The van der Waals surface area contributed by atoms with E-state index in [4.69, 9.17) is 18.0 Å². The van der Waals surface area contributed by atoms with Crippen molar-refractivity contribution in [3.63, 3.8) is 0 Å². The minimum Gasteiger partial charge on any atom is -0.459 e. The molecule has 0 aliphatic carbocycles. The van der Waals surface area contributed by atoms with Crippen LogP contribution in [0.1, 0.15) is 75.7 Å². The van der Waals surface area contributed by atoms with Crippen LogP contribution in [0.15, 0.2) is 0 Å². The summed E-state index contributed by atoms with van der Waals surface area (Å²) < 4.78 is 26.8. The van der Waals surface area contributed by atoms with Crippen molar-refractivity contribution in [2.45, 2.75) is 148 Å². The van der Waals surface area contributed by atoms with Gasteiger partial charge in [-0.15, -0.1) is 0 Å². The van der Waals surface area contributed by atoms with E-state index in [1.165, 1.54) is 0 Å². The topological polar surface area (TPSA) is 54.0 Å². The highest BCUT2D eigenvalue weighted by Crippen LogP contribution is 2.43. The zero-order chi connectivity index (χ0) is 27.1. The summed E-state index contributed by atoms with van der Waals surface area (Å²) in [5.74, 6) is -0.254. The van der Waals surface area contributed by atoms with Crippen LogP contribution < -0.4 is 0 Å². The molecule has 1 saturated heterocycles. The van der Waals surface area contributed by atoms with E-state index in [9.17, 15) is 4.79 Å². The standard InChI is InChI=1S/C26H56O5Si3/c1-19-17-20(29-23(19)27)22(31-34(15,16)26(8,9)10)21(30-33(13,14)25(5,6)7)18-28-32(11,12)24(2,3)4/h19-22H,17-18H2,1-16H3/t19-,20-,21-,22+/m1/s1. The normalized spacial score (nSPS) is 23.1. The van der Waals surface area contributed by atoms with Gasteiger partial charge in [0.25, 0.3) is 0 Å². The second-order valence-corrected chi connectivity index (χ2v) is 29.3. The van der Waals surface area contributed by atoms with Crippen LogP contribution in [-0.4, -0.2) is 55.8 Å². The molecule has 4 atom stereocenters. The van der Waals surface area contributed by atoms with E-state index in [2.05, 4.69) is 102 Å². The van der Waals surface area contributed by atoms with Gasteiger partial charge >= 0.3 is 5.97 Å². The molecule has 0 spiro atoms. The second kappa shape index (κ2) is 10.4. The fourth-order valence-electron chi connectivity index (χ4n) is 3.13. The molecular weight excluding hydrogens is 477 g/mol. The van der Waals surface area contributed by atoms with Crippen molar-refractivity contribution in [3.05, 3.63) is 0 Å². The lowest BCUT2D eigenvalue weighted by Crippen LogP contribution is -2.57. The molecule has 5 nitrogen and oxygen atoms in total. The van der Waals surface area contributed by atoms with Crippen LogP contribution in [-0.2, 0) is 22.8 Å². The molecule has 0 radical (unpaired) electrons. The Bertz CT molecular complexity index is 699. The lowest BCUT2D eigenvalue weighted by atomic mass is 10.0. The predicted octanol–water partition coefficient (Wildman–Crippen LogP) is 7.74. The lowest BCUT2D eigenvalue weighted by Gasteiger charge is -2.47. The number of esters is 1. The monoisotopic (exact) mass is 532 g/mol. The molecule has 0 unspecified atom stereocenters. The molecule has 0 saturated carbocycles. The van der Waals surface area contributed by atoms with Crippen LogP contribution in [0, 0.1) is 5.92 Å². The number of rotatable bonds is 9. The van der Waals surface area contributed by atoms with Gasteiger partial charge in [-0.2, -0.15) is 0 Å². The van der Waals surface area contributed by atoms with E-state index in [-0.39, 0.29) is 45.3 Å². The van der Waals surface area contributed by atoms with Gasteiger partial charge < -0.3 is 18.0 Å². The van der Waals surface area contributed by atoms with Gasteiger partial charge in [-0.25, -0.2) is 0 Å². The predicted molar refractivity (Wildman–Crippen MR) is 151 cm³/mol. The molecule has 34 heavy (non-hydrogen) atoms. The first-order chi connectivity index (χ1) is 14.8. The smallest absolute Gasteiger partial charge is 0.309 e. The summed E-state index contributed by atoms with van der Waals surface area (Å²) in [7, 11) is -6.34. The molecular formula is C26H56O5Si3. The first-order valence-corrected chi connectivity index (χ1v) is 21.7. The van der Waals surface area contributed by atoms with Gasteiger partial charge in [-0.05, 0) is 60.8 Å². The van der Waals surface area contributed by atoms with Gasteiger partial charge in [-0.3, -0.25) is 4.79 Å². The zero-order valence-electron chi connectivity index (χ0n) is 25.3. The number of hydrogen-bond donors (Lipinski definition) is 0. The van der Waals surface area contributed by atoms with E-state index in [0.717, 1.165) is 0 Å². The van der Waals surface area contributed by atoms with E-state index in [0.29, 0.717) is 13.0 Å². The Hall–Kier alpha value is 0.000649. The maximum absolute atomic E-state index is 12.4. The highest BCUT2D eigenvalue weighted by Gasteiger charge is 2.50. The number of cyclic esters (lactones) is 1. The molecule has 202 valence electrons. The van der Waals surface area contributed by atoms with Crippen molar-refractivity contribution in [2.24, 2.45) is 5.92 Å². The van der Waals surface area contributed by atoms with Crippen LogP contribution in [0.3, 0.4) is 0 Å². The Morgan fingerprint density at radius 3 is 1.56 bits per heavy atom. The quantitative estimate of drug-likeness (QED) is 0.224. The second-order valence-electron chi connectivity index (χ2n) is 14.9. The van der Waals surface area contributed by atoms with Crippen molar-refractivity contribution in [1.82, 2.24) is 0 Å². The van der Waals surface area contributed by atoms with Crippen molar-refractivity contribution in [1.29, 1.82) is 0 Å². The number of hydrogen-bond acceptors (Lipinski definition) is 5. The summed E-state index contributed by atoms with van der Waals surface area (Å²) in [6.45, 7) is 36.3. The van der Waals surface area contributed by atoms with Crippen LogP contribution >= 0.6 is 0 Å². The fourth-order valence-corrected chi connectivity index (χ4v) is 6.79. The maximum atomic E-state index is 12.4. The molecule has 0 aromatic heterocycles. The molecule has 0 amide bonds. The number of carbonyl (C=O) groups is 1. The van der Waals surface area contributed by atoms with Gasteiger partial charge in [0.15, 0.2) is 25.0 Å². The van der Waals surface area contributed by atoms with E-state index in [1.807, 2.05) is 6.92 Å². The third kappa shape index (κ3) is 7.75. The van der Waals surface area contributed by atoms with Crippen LogP contribution in [0.2, 0.25) is 54.4 Å². The fraction of sp³-hybridized carbons (Fsp3) is 0.962. The molecule has 0 aromatic rings. The first kappa shape index (κ1) is 32.0. The summed E-state index contributed by atoms with van der Waals surface area (Å²) in [4.78, 5) is 12.4. The third-order valence-corrected chi connectivity index (χ3v) is 22.4. The number of carbonyl (C=O) groups excluding carboxylic acids is 1. The Morgan fingerprint density at radius 1 is 0.794 bits per heavy atom. The van der Waals surface area contributed by atoms with Gasteiger partial charge in [-0.1, -0.05) is 69.2 Å². The Kier molecular flexibility index (Phi) is 9.80. The highest BCUT2D eigenvalue weighted by atomic mass is 28.4. The van der Waals surface area contributed by atoms with Crippen molar-refractivity contribution >= 4 is 30.9 Å². The largest absolute Gasteiger partial charge is 0.459 e. The molecule has 1 aliphatic rings. The minimum atomic E-state index is -2.18. The van der Waals surface area contributed by atoms with Crippen molar-refractivity contribution in [2.75, 3.05) is 6.61 Å².